The molecule has 0 bridgehead atoms. The molecule has 0 N–H and O–H groups in total. The zero-order valence-corrected chi connectivity index (χ0v) is 12.5. The van der Waals surface area contributed by atoms with Gasteiger partial charge in [-0.2, -0.15) is 0 Å². The Morgan fingerprint density at radius 3 is 2.59 bits per heavy atom. The van der Waals surface area contributed by atoms with Crippen molar-refractivity contribution in [3.8, 4) is 17.4 Å². The van der Waals surface area contributed by atoms with Crippen LogP contribution in [0, 0.1) is 0 Å². The second kappa shape index (κ2) is 6.44. The van der Waals surface area contributed by atoms with E-state index in [1.54, 1.807) is 25.5 Å². The first kappa shape index (κ1) is 14.3. The van der Waals surface area contributed by atoms with Crippen molar-refractivity contribution in [2.24, 2.45) is 0 Å². The molecule has 1 aromatic carbocycles. The Bertz CT molecular complexity index is 705. The summed E-state index contributed by atoms with van der Waals surface area (Å²) < 4.78 is 16.0. The summed E-state index contributed by atoms with van der Waals surface area (Å²) in [5, 5.41) is 8.03. The molecular weight excluding hydrogens is 282 g/mol. The topological polar surface area (TPSA) is 64.5 Å². The lowest BCUT2D eigenvalue weighted by Gasteiger charge is -2.14. The SMILES string of the molecule is COc1ccc(CN(C)Cc2nnc(-c3ccco3)o2)cc1. The molecule has 114 valence electrons. The normalized spacial score (nSPS) is 11.0. The molecule has 3 aromatic rings. The van der Waals surface area contributed by atoms with Crippen LogP contribution in [0.5, 0.6) is 5.75 Å². The molecule has 6 nitrogen and oxygen atoms in total. The van der Waals surface area contributed by atoms with Crippen LogP contribution in [0.3, 0.4) is 0 Å². The fourth-order valence-electron chi connectivity index (χ4n) is 2.15. The van der Waals surface area contributed by atoms with Crippen molar-refractivity contribution in [2.45, 2.75) is 13.1 Å². The lowest BCUT2D eigenvalue weighted by molar-refractivity contribution is 0.282. The van der Waals surface area contributed by atoms with Gasteiger partial charge in [-0.15, -0.1) is 10.2 Å². The Balaban J connectivity index is 1.60. The van der Waals surface area contributed by atoms with Crippen molar-refractivity contribution < 1.29 is 13.6 Å². The van der Waals surface area contributed by atoms with Crippen LogP contribution in [0.25, 0.3) is 11.7 Å². The third-order valence-electron chi connectivity index (χ3n) is 3.22. The highest BCUT2D eigenvalue weighted by atomic mass is 16.5. The molecule has 22 heavy (non-hydrogen) atoms. The molecule has 2 heterocycles. The Labute approximate surface area is 128 Å². The maximum atomic E-state index is 5.60. The predicted molar refractivity (Wildman–Crippen MR) is 80.2 cm³/mol. The average Bonchev–Trinajstić information content (AvgIpc) is 3.19. The van der Waals surface area contributed by atoms with Crippen molar-refractivity contribution in [1.82, 2.24) is 15.1 Å². The van der Waals surface area contributed by atoms with Gasteiger partial charge < -0.3 is 13.6 Å². The number of nitrogens with zero attached hydrogens (tertiary/aromatic N) is 3. The van der Waals surface area contributed by atoms with Crippen LogP contribution in [0.15, 0.2) is 51.5 Å². The number of methoxy groups -OCH3 is 1. The highest BCUT2D eigenvalue weighted by Crippen LogP contribution is 2.19. The lowest BCUT2D eigenvalue weighted by atomic mass is 10.2. The van der Waals surface area contributed by atoms with Crippen LogP contribution >= 0.6 is 0 Å². The van der Waals surface area contributed by atoms with Gasteiger partial charge in [-0.3, -0.25) is 4.90 Å². The molecule has 0 spiro atoms. The first-order valence-corrected chi connectivity index (χ1v) is 6.92. The van der Waals surface area contributed by atoms with Gasteiger partial charge in [0.1, 0.15) is 5.75 Å². The van der Waals surface area contributed by atoms with E-state index < -0.39 is 0 Å². The fourth-order valence-corrected chi connectivity index (χ4v) is 2.15. The van der Waals surface area contributed by atoms with Crippen LogP contribution in [0.2, 0.25) is 0 Å². The summed E-state index contributed by atoms with van der Waals surface area (Å²) in [4.78, 5) is 2.10. The average molecular weight is 299 g/mol. The molecule has 2 aromatic heterocycles. The molecule has 0 atom stereocenters. The second-order valence-electron chi connectivity index (χ2n) is 5.00. The van der Waals surface area contributed by atoms with Crippen LogP contribution in [0.1, 0.15) is 11.5 Å². The Kier molecular flexibility index (Phi) is 4.20. The number of benzene rings is 1. The number of furan rings is 1. The molecular formula is C16H17N3O3. The summed E-state index contributed by atoms with van der Waals surface area (Å²) in [6, 6.07) is 11.6. The van der Waals surface area contributed by atoms with E-state index in [1.165, 1.54) is 5.56 Å². The van der Waals surface area contributed by atoms with Crippen molar-refractivity contribution in [1.29, 1.82) is 0 Å². The van der Waals surface area contributed by atoms with Crippen molar-refractivity contribution in [3.63, 3.8) is 0 Å². The van der Waals surface area contributed by atoms with E-state index in [9.17, 15) is 0 Å². The molecule has 0 radical (unpaired) electrons. The minimum Gasteiger partial charge on any atom is -0.497 e. The monoisotopic (exact) mass is 299 g/mol. The Hall–Kier alpha value is -2.60. The highest BCUT2D eigenvalue weighted by Gasteiger charge is 2.12. The molecule has 0 saturated heterocycles. The van der Waals surface area contributed by atoms with Gasteiger partial charge in [-0.25, -0.2) is 0 Å². The smallest absolute Gasteiger partial charge is 0.283 e. The maximum Gasteiger partial charge on any atom is 0.283 e. The Morgan fingerprint density at radius 2 is 1.91 bits per heavy atom. The van der Waals surface area contributed by atoms with Crippen molar-refractivity contribution in [3.05, 3.63) is 54.1 Å². The number of ether oxygens (including phenoxy) is 1. The van der Waals surface area contributed by atoms with Gasteiger partial charge in [0.25, 0.3) is 5.89 Å². The van der Waals surface area contributed by atoms with Gasteiger partial charge in [-0.1, -0.05) is 12.1 Å². The molecule has 0 amide bonds. The summed E-state index contributed by atoms with van der Waals surface area (Å²) in [5.41, 5.74) is 1.19. The van der Waals surface area contributed by atoms with Crippen LogP contribution in [-0.4, -0.2) is 29.3 Å². The summed E-state index contributed by atoms with van der Waals surface area (Å²) in [5.74, 6) is 2.39. The van der Waals surface area contributed by atoms with E-state index in [0.717, 1.165) is 12.3 Å². The maximum absolute atomic E-state index is 5.60. The third-order valence-corrected chi connectivity index (χ3v) is 3.22. The van der Waals surface area contributed by atoms with E-state index in [0.29, 0.717) is 24.1 Å². The molecule has 0 aliphatic heterocycles. The first-order valence-electron chi connectivity index (χ1n) is 6.92. The van der Waals surface area contributed by atoms with Crippen molar-refractivity contribution in [2.75, 3.05) is 14.2 Å². The van der Waals surface area contributed by atoms with E-state index in [4.69, 9.17) is 13.6 Å². The minimum absolute atomic E-state index is 0.401. The van der Waals surface area contributed by atoms with E-state index >= 15 is 0 Å². The number of hydrogen-bond donors (Lipinski definition) is 0. The fraction of sp³-hybridized carbons (Fsp3) is 0.250. The van der Waals surface area contributed by atoms with Gasteiger partial charge >= 0.3 is 0 Å². The zero-order chi connectivity index (χ0) is 15.4. The van der Waals surface area contributed by atoms with E-state index in [1.807, 2.05) is 31.3 Å². The Morgan fingerprint density at radius 1 is 1.09 bits per heavy atom. The minimum atomic E-state index is 0.401. The largest absolute Gasteiger partial charge is 0.497 e. The number of aromatic nitrogens is 2. The van der Waals surface area contributed by atoms with Crippen LogP contribution < -0.4 is 4.74 Å². The van der Waals surface area contributed by atoms with Gasteiger partial charge in [0.15, 0.2) is 5.76 Å². The molecule has 0 aliphatic carbocycles. The summed E-state index contributed by atoms with van der Waals surface area (Å²) in [6.45, 7) is 1.35. The zero-order valence-electron chi connectivity index (χ0n) is 12.5. The molecule has 0 saturated carbocycles. The summed E-state index contributed by atoms with van der Waals surface area (Å²) in [7, 11) is 3.66. The lowest BCUT2D eigenvalue weighted by Crippen LogP contribution is -2.17. The molecule has 3 rings (SSSR count). The molecule has 0 unspecified atom stereocenters. The molecule has 0 fully saturated rings. The highest BCUT2D eigenvalue weighted by molar-refractivity contribution is 5.42. The van der Waals surface area contributed by atoms with Crippen LogP contribution in [0.4, 0.5) is 0 Å². The van der Waals surface area contributed by atoms with Crippen LogP contribution in [-0.2, 0) is 13.1 Å². The van der Waals surface area contributed by atoms with Gasteiger partial charge in [0.05, 0.1) is 19.9 Å². The molecule has 6 heteroatoms. The van der Waals surface area contributed by atoms with Gasteiger partial charge in [-0.05, 0) is 36.9 Å². The first-order chi connectivity index (χ1) is 10.7. The van der Waals surface area contributed by atoms with E-state index in [2.05, 4.69) is 15.1 Å². The molecule has 0 aliphatic rings. The number of hydrogen-bond acceptors (Lipinski definition) is 6. The predicted octanol–water partition coefficient (Wildman–Crippen LogP) is 2.97. The van der Waals surface area contributed by atoms with Crippen molar-refractivity contribution >= 4 is 0 Å². The van der Waals surface area contributed by atoms with Gasteiger partial charge in [0.2, 0.25) is 5.89 Å². The van der Waals surface area contributed by atoms with E-state index in [-0.39, 0.29) is 0 Å². The second-order valence-corrected chi connectivity index (χ2v) is 5.00. The summed E-state index contributed by atoms with van der Waals surface area (Å²) in [6.07, 6.45) is 1.58. The standard InChI is InChI=1S/C16H17N3O3/c1-19(10-12-5-7-13(20-2)8-6-12)11-15-17-18-16(22-15)14-4-3-9-21-14/h3-9H,10-11H2,1-2H3. The van der Waals surface area contributed by atoms with Gasteiger partial charge in [0, 0.05) is 6.54 Å². The quantitative estimate of drug-likeness (QED) is 0.697. The number of rotatable bonds is 6. The summed E-state index contributed by atoms with van der Waals surface area (Å²) >= 11 is 0. The third kappa shape index (κ3) is 3.35.